The van der Waals surface area contributed by atoms with Crippen LogP contribution in [0.4, 0.5) is 17.6 Å². The Kier molecular flexibility index (Phi) is 7.58. The summed E-state index contributed by atoms with van der Waals surface area (Å²) in [6, 6.07) is 15.0. The van der Waals surface area contributed by atoms with Crippen molar-refractivity contribution >= 4 is 23.6 Å². The summed E-state index contributed by atoms with van der Waals surface area (Å²) in [5.41, 5.74) is 7.71. The van der Waals surface area contributed by atoms with Crippen LogP contribution in [0.25, 0.3) is 0 Å². The minimum absolute atomic E-state index is 0.0450. The first-order valence-corrected chi connectivity index (χ1v) is 9.78. The average molecular weight is 423 g/mol. The van der Waals surface area contributed by atoms with E-state index in [9.17, 15) is 4.79 Å². The van der Waals surface area contributed by atoms with Gasteiger partial charge in [0.15, 0.2) is 12.4 Å². The van der Waals surface area contributed by atoms with Gasteiger partial charge in [0.2, 0.25) is 11.9 Å². The van der Waals surface area contributed by atoms with Gasteiger partial charge in [-0.1, -0.05) is 17.7 Å². The summed E-state index contributed by atoms with van der Waals surface area (Å²) in [4.78, 5) is 24.3. The molecule has 0 bridgehead atoms. The number of rotatable bonds is 10. The molecule has 2 aromatic carbocycles. The molecule has 0 aliphatic heterocycles. The smallest absolute Gasteiger partial charge is 0.306 e. The summed E-state index contributed by atoms with van der Waals surface area (Å²) in [7, 11) is 1.61. The predicted molar refractivity (Wildman–Crippen MR) is 116 cm³/mol. The van der Waals surface area contributed by atoms with Crippen molar-refractivity contribution in [2.75, 3.05) is 24.8 Å². The molecule has 3 aromatic rings. The summed E-state index contributed by atoms with van der Waals surface area (Å²) in [5.74, 6) is 1.70. The number of nitrogens with one attached hydrogen (secondary N) is 1. The number of hydrogen-bond acceptors (Lipinski definition) is 9. The number of aromatic nitrogens is 3. The van der Waals surface area contributed by atoms with E-state index < -0.39 is 0 Å². The van der Waals surface area contributed by atoms with E-state index in [1.54, 1.807) is 7.11 Å². The van der Waals surface area contributed by atoms with Gasteiger partial charge in [-0.25, -0.2) is 0 Å². The highest BCUT2D eigenvalue weighted by Gasteiger charge is 2.09. The van der Waals surface area contributed by atoms with Crippen LogP contribution in [0.1, 0.15) is 24.2 Å². The van der Waals surface area contributed by atoms with E-state index in [1.807, 2.05) is 55.5 Å². The van der Waals surface area contributed by atoms with E-state index in [0.717, 1.165) is 17.0 Å². The fourth-order valence-corrected chi connectivity index (χ4v) is 2.62. The average Bonchev–Trinajstić information content (AvgIpc) is 2.77. The lowest BCUT2D eigenvalue weighted by atomic mass is 10.2. The quantitative estimate of drug-likeness (QED) is 0.373. The standard InChI is InChI=1S/C22H25N5O4/c1-15-5-7-16(8-6-15)24-22-26-19(25-21(23)27-22)14-31-20(28)4-3-13-30-18-11-9-17(29-2)10-12-18/h5-12H,3-4,13-14H2,1-2H3,(H3,23,24,25,26,27). The molecule has 0 atom stereocenters. The van der Waals surface area contributed by atoms with Gasteiger partial charge in [0, 0.05) is 12.1 Å². The highest BCUT2D eigenvalue weighted by molar-refractivity contribution is 5.69. The van der Waals surface area contributed by atoms with Crippen molar-refractivity contribution in [3.8, 4) is 11.5 Å². The minimum atomic E-state index is -0.370. The molecule has 9 nitrogen and oxygen atoms in total. The molecule has 0 radical (unpaired) electrons. The lowest BCUT2D eigenvalue weighted by Crippen LogP contribution is -2.11. The fraction of sp³-hybridized carbons (Fsp3) is 0.273. The maximum absolute atomic E-state index is 12.0. The molecule has 1 aromatic heterocycles. The third-order valence-corrected chi connectivity index (χ3v) is 4.22. The van der Waals surface area contributed by atoms with Gasteiger partial charge in [0.05, 0.1) is 13.7 Å². The molecule has 1 heterocycles. The van der Waals surface area contributed by atoms with Gasteiger partial charge < -0.3 is 25.3 Å². The molecule has 0 unspecified atom stereocenters. The molecule has 162 valence electrons. The number of nitrogen functional groups attached to an aromatic ring is 1. The van der Waals surface area contributed by atoms with Crippen molar-refractivity contribution in [3.63, 3.8) is 0 Å². The highest BCUT2D eigenvalue weighted by atomic mass is 16.5. The number of hydrogen-bond donors (Lipinski definition) is 2. The van der Waals surface area contributed by atoms with Crippen molar-refractivity contribution in [3.05, 3.63) is 59.9 Å². The van der Waals surface area contributed by atoms with Gasteiger partial charge in [-0.3, -0.25) is 4.79 Å². The Bertz CT molecular complexity index is 994. The lowest BCUT2D eigenvalue weighted by molar-refractivity contribution is -0.145. The number of nitrogens with two attached hydrogens (primary N) is 1. The monoisotopic (exact) mass is 423 g/mol. The largest absolute Gasteiger partial charge is 0.497 e. The van der Waals surface area contributed by atoms with Crippen LogP contribution in [0.3, 0.4) is 0 Å². The zero-order chi connectivity index (χ0) is 22.1. The summed E-state index contributed by atoms with van der Waals surface area (Å²) >= 11 is 0. The van der Waals surface area contributed by atoms with Gasteiger partial charge in [-0.2, -0.15) is 15.0 Å². The van der Waals surface area contributed by atoms with Crippen LogP contribution in [-0.2, 0) is 16.1 Å². The van der Waals surface area contributed by atoms with Crippen LogP contribution < -0.4 is 20.5 Å². The zero-order valence-corrected chi connectivity index (χ0v) is 17.5. The van der Waals surface area contributed by atoms with E-state index in [-0.39, 0.29) is 36.7 Å². The Labute approximate surface area is 180 Å². The first-order valence-electron chi connectivity index (χ1n) is 9.78. The molecule has 3 N–H and O–H groups in total. The fourth-order valence-electron chi connectivity index (χ4n) is 2.62. The van der Waals surface area contributed by atoms with Crippen molar-refractivity contribution in [2.45, 2.75) is 26.4 Å². The minimum Gasteiger partial charge on any atom is -0.497 e. The van der Waals surface area contributed by atoms with Crippen LogP contribution in [0, 0.1) is 6.92 Å². The maximum atomic E-state index is 12.0. The summed E-state index contributed by atoms with van der Waals surface area (Å²) in [5, 5.41) is 3.06. The Hall–Kier alpha value is -3.88. The van der Waals surface area contributed by atoms with Crippen LogP contribution in [0.5, 0.6) is 11.5 Å². The zero-order valence-electron chi connectivity index (χ0n) is 17.5. The molecule has 0 spiro atoms. The topological polar surface area (TPSA) is 121 Å². The van der Waals surface area contributed by atoms with E-state index in [1.165, 1.54) is 0 Å². The number of anilines is 3. The Balaban J connectivity index is 1.42. The van der Waals surface area contributed by atoms with Crippen molar-refractivity contribution < 1.29 is 19.0 Å². The highest BCUT2D eigenvalue weighted by Crippen LogP contribution is 2.17. The second-order valence-electron chi connectivity index (χ2n) is 6.71. The molecule has 0 aliphatic carbocycles. The number of methoxy groups -OCH3 is 1. The number of aryl methyl sites for hydroxylation is 1. The van der Waals surface area contributed by atoms with E-state index in [4.69, 9.17) is 19.9 Å². The molecule has 0 fully saturated rings. The number of benzene rings is 2. The van der Waals surface area contributed by atoms with Crippen LogP contribution in [0.15, 0.2) is 48.5 Å². The maximum Gasteiger partial charge on any atom is 0.306 e. The summed E-state index contributed by atoms with van der Waals surface area (Å²) < 4.78 is 15.9. The first kappa shape index (κ1) is 21.8. The number of carbonyl (C=O) groups is 1. The molecular weight excluding hydrogens is 398 g/mol. The molecule has 0 saturated heterocycles. The number of ether oxygens (including phenoxy) is 3. The van der Waals surface area contributed by atoms with Crippen molar-refractivity contribution in [1.29, 1.82) is 0 Å². The molecule has 9 heteroatoms. The molecule has 0 aliphatic rings. The number of esters is 1. The molecule has 0 amide bonds. The van der Waals surface area contributed by atoms with Gasteiger partial charge in [-0.15, -0.1) is 0 Å². The van der Waals surface area contributed by atoms with E-state index >= 15 is 0 Å². The third kappa shape index (κ3) is 7.14. The molecule has 3 rings (SSSR count). The lowest BCUT2D eigenvalue weighted by Gasteiger charge is -2.09. The van der Waals surface area contributed by atoms with E-state index in [0.29, 0.717) is 18.8 Å². The number of carbonyl (C=O) groups excluding carboxylic acids is 1. The van der Waals surface area contributed by atoms with Gasteiger partial charge in [0.25, 0.3) is 0 Å². The predicted octanol–water partition coefficient (Wildman–Crippen LogP) is 3.42. The van der Waals surface area contributed by atoms with Crippen LogP contribution in [0.2, 0.25) is 0 Å². The second-order valence-corrected chi connectivity index (χ2v) is 6.71. The molecule has 31 heavy (non-hydrogen) atoms. The third-order valence-electron chi connectivity index (χ3n) is 4.22. The van der Waals surface area contributed by atoms with E-state index in [2.05, 4.69) is 20.3 Å². The normalized spacial score (nSPS) is 10.4. The summed E-state index contributed by atoms with van der Waals surface area (Å²) in [6.07, 6.45) is 0.732. The van der Waals surface area contributed by atoms with Gasteiger partial charge in [-0.05, 0) is 49.7 Å². The SMILES string of the molecule is COc1ccc(OCCCC(=O)OCc2nc(N)nc(Nc3ccc(C)cc3)n2)cc1. The van der Waals surface area contributed by atoms with Gasteiger partial charge in [0.1, 0.15) is 11.5 Å². The van der Waals surface area contributed by atoms with Crippen LogP contribution >= 0.6 is 0 Å². The van der Waals surface area contributed by atoms with Crippen molar-refractivity contribution in [1.82, 2.24) is 15.0 Å². The van der Waals surface area contributed by atoms with Crippen LogP contribution in [-0.4, -0.2) is 34.6 Å². The first-order chi connectivity index (χ1) is 15.0. The Morgan fingerprint density at radius 3 is 2.42 bits per heavy atom. The number of nitrogens with zero attached hydrogens (tertiary/aromatic N) is 3. The second kappa shape index (κ2) is 10.8. The van der Waals surface area contributed by atoms with Gasteiger partial charge >= 0.3 is 5.97 Å². The summed E-state index contributed by atoms with van der Waals surface area (Å²) in [6.45, 7) is 2.31. The Morgan fingerprint density at radius 1 is 1.00 bits per heavy atom. The molecular formula is C22H25N5O4. The Morgan fingerprint density at radius 2 is 1.71 bits per heavy atom. The molecule has 0 saturated carbocycles. The van der Waals surface area contributed by atoms with Crippen molar-refractivity contribution in [2.24, 2.45) is 0 Å².